The van der Waals surface area contributed by atoms with Gasteiger partial charge in [0.25, 0.3) is 0 Å². The zero-order valence-corrected chi connectivity index (χ0v) is 14.9. The molecule has 0 aromatic heterocycles. The Morgan fingerprint density at radius 3 is 2.43 bits per heavy atom. The highest BCUT2D eigenvalue weighted by molar-refractivity contribution is 9.10. The lowest BCUT2D eigenvalue weighted by Crippen LogP contribution is -2.37. The van der Waals surface area contributed by atoms with Crippen molar-refractivity contribution in [2.75, 3.05) is 5.32 Å². The third kappa shape index (κ3) is 3.96. The Labute approximate surface area is 142 Å². The fourth-order valence-corrected chi connectivity index (χ4v) is 4.69. The summed E-state index contributed by atoms with van der Waals surface area (Å²) in [5.74, 6) is 1.81. The van der Waals surface area contributed by atoms with Gasteiger partial charge in [0.1, 0.15) is 0 Å². The Kier molecular flexibility index (Phi) is 5.50. The van der Waals surface area contributed by atoms with Crippen molar-refractivity contribution in [3.63, 3.8) is 0 Å². The van der Waals surface area contributed by atoms with Crippen LogP contribution in [0.4, 0.5) is 5.69 Å². The van der Waals surface area contributed by atoms with Crippen LogP contribution in [0.25, 0.3) is 0 Å². The van der Waals surface area contributed by atoms with Crippen LogP contribution in [0.2, 0.25) is 5.02 Å². The lowest BCUT2D eigenvalue weighted by Gasteiger charge is -2.40. The van der Waals surface area contributed by atoms with E-state index in [9.17, 15) is 0 Å². The van der Waals surface area contributed by atoms with Gasteiger partial charge < -0.3 is 5.32 Å². The highest BCUT2D eigenvalue weighted by Crippen LogP contribution is 2.39. The van der Waals surface area contributed by atoms with E-state index in [1.807, 2.05) is 6.07 Å². The van der Waals surface area contributed by atoms with Crippen molar-refractivity contribution in [2.45, 2.75) is 63.8 Å². The van der Waals surface area contributed by atoms with Crippen molar-refractivity contribution in [3.8, 4) is 0 Å². The zero-order chi connectivity index (χ0) is 14.7. The summed E-state index contributed by atoms with van der Waals surface area (Å²) in [5, 5.41) is 4.59. The van der Waals surface area contributed by atoms with Gasteiger partial charge in [0.2, 0.25) is 0 Å². The first-order valence-electron chi connectivity index (χ1n) is 8.45. The summed E-state index contributed by atoms with van der Waals surface area (Å²) in [7, 11) is 0. The van der Waals surface area contributed by atoms with E-state index >= 15 is 0 Å². The molecule has 1 N–H and O–H groups in total. The molecule has 1 aromatic rings. The molecule has 2 aliphatic carbocycles. The smallest absolute Gasteiger partial charge is 0.0568 e. The quantitative estimate of drug-likeness (QED) is 0.627. The van der Waals surface area contributed by atoms with Crippen molar-refractivity contribution in [1.29, 1.82) is 0 Å². The average molecular weight is 371 g/mol. The summed E-state index contributed by atoms with van der Waals surface area (Å²) in [5.41, 5.74) is 1.18. The largest absolute Gasteiger partial charge is 0.382 e. The minimum absolute atomic E-state index is 0.638. The Balaban J connectivity index is 1.69. The van der Waals surface area contributed by atoms with E-state index in [0.717, 1.165) is 21.3 Å². The van der Waals surface area contributed by atoms with Gasteiger partial charge in [-0.1, -0.05) is 56.5 Å². The van der Waals surface area contributed by atoms with E-state index in [4.69, 9.17) is 11.6 Å². The number of anilines is 1. The zero-order valence-electron chi connectivity index (χ0n) is 12.6. The maximum Gasteiger partial charge on any atom is 0.0568 e. The molecule has 0 heterocycles. The van der Waals surface area contributed by atoms with Gasteiger partial charge in [0, 0.05) is 16.2 Å². The average Bonchev–Trinajstić information content (AvgIpc) is 2.52. The SMILES string of the molecule is Clc1cc(NC2CCCCC2C2CCCCC2)ccc1Br. The van der Waals surface area contributed by atoms with E-state index < -0.39 is 0 Å². The van der Waals surface area contributed by atoms with Crippen LogP contribution in [-0.4, -0.2) is 6.04 Å². The van der Waals surface area contributed by atoms with Crippen LogP contribution in [0, 0.1) is 11.8 Å². The molecule has 2 unspecified atom stereocenters. The molecule has 0 bridgehead atoms. The van der Waals surface area contributed by atoms with Gasteiger partial charge in [-0.25, -0.2) is 0 Å². The summed E-state index contributed by atoms with van der Waals surface area (Å²) in [6.07, 6.45) is 12.7. The molecule has 2 atom stereocenters. The minimum Gasteiger partial charge on any atom is -0.382 e. The van der Waals surface area contributed by atoms with Crippen LogP contribution < -0.4 is 5.32 Å². The van der Waals surface area contributed by atoms with Crippen molar-refractivity contribution in [2.24, 2.45) is 11.8 Å². The lowest BCUT2D eigenvalue weighted by molar-refractivity contribution is 0.180. The van der Waals surface area contributed by atoms with Crippen LogP contribution in [-0.2, 0) is 0 Å². The second-order valence-corrected chi connectivity index (χ2v) is 7.99. The molecule has 2 fully saturated rings. The summed E-state index contributed by atoms with van der Waals surface area (Å²) >= 11 is 9.70. The van der Waals surface area contributed by atoms with Gasteiger partial charge in [-0.2, -0.15) is 0 Å². The number of hydrogen-bond acceptors (Lipinski definition) is 1. The molecule has 3 heteroatoms. The second kappa shape index (κ2) is 7.37. The highest BCUT2D eigenvalue weighted by atomic mass is 79.9. The summed E-state index contributed by atoms with van der Waals surface area (Å²) in [4.78, 5) is 0. The molecule has 0 saturated heterocycles. The van der Waals surface area contributed by atoms with Crippen molar-refractivity contribution in [1.82, 2.24) is 0 Å². The Morgan fingerprint density at radius 1 is 0.952 bits per heavy atom. The first-order valence-corrected chi connectivity index (χ1v) is 9.63. The van der Waals surface area contributed by atoms with E-state index in [1.54, 1.807) is 0 Å². The number of nitrogens with one attached hydrogen (secondary N) is 1. The molecule has 3 rings (SSSR count). The molecule has 2 saturated carbocycles. The molecular weight excluding hydrogens is 346 g/mol. The number of hydrogen-bond donors (Lipinski definition) is 1. The molecule has 21 heavy (non-hydrogen) atoms. The number of halogens is 2. The molecular formula is C18H25BrClN. The third-order valence-corrected chi connectivity index (χ3v) is 6.58. The van der Waals surface area contributed by atoms with Gasteiger partial charge in [0.15, 0.2) is 0 Å². The predicted octanol–water partition coefficient (Wildman–Crippen LogP) is 6.65. The Morgan fingerprint density at radius 2 is 1.67 bits per heavy atom. The van der Waals surface area contributed by atoms with Gasteiger partial charge in [-0.3, -0.25) is 0 Å². The van der Waals surface area contributed by atoms with Gasteiger partial charge >= 0.3 is 0 Å². The monoisotopic (exact) mass is 369 g/mol. The highest BCUT2D eigenvalue weighted by Gasteiger charge is 2.32. The fourth-order valence-electron chi connectivity index (χ4n) is 4.27. The molecule has 0 aliphatic heterocycles. The standard InChI is InChI=1S/C18H25BrClN/c19-16-11-10-14(12-17(16)20)21-18-9-5-4-8-15(18)13-6-2-1-3-7-13/h10-13,15,18,21H,1-9H2. The van der Waals surface area contributed by atoms with Crippen LogP contribution in [0.15, 0.2) is 22.7 Å². The summed E-state index contributed by atoms with van der Waals surface area (Å²) in [6, 6.07) is 6.88. The maximum absolute atomic E-state index is 6.23. The molecule has 0 radical (unpaired) electrons. The van der Waals surface area contributed by atoms with Crippen molar-refractivity contribution < 1.29 is 0 Å². The van der Waals surface area contributed by atoms with Crippen molar-refractivity contribution >= 4 is 33.2 Å². The molecule has 116 valence electrons. The molecule has 1 aromatic carbocycles. The van der Waals surface area contributed by atoms with Crippen LogP contribution >= 0.6 is 27.5 Å². The normalized spacial score (nSPS) is 27.5. The van der Waals surface area contributed by atoms with Gasteiger partial charge in [0.05, 0.1) is 5.02 Å². The summed E-state index contributed by atoms with van der Waals surface area (Å²) in [6.45, 7) is 0. The van der Waals surface area contributed by atoms with Crippen LogP contribution in [0.1, 0.15) is 57.8 Å². The molecule has 0 spiro atoms. The topological polar surface area (TPSA) is 12.0 Å². The number of benzene rings is 1. The Bertz CT molecular complexity index is 470. The van der Waals surface area contributed by atoms with E-state index in [1.165, 1.54) is 63.5 Å². The molecule has 0 amide bonds. The third-order valence-electron chi connectivity index (χ3n) is 5.35. The van der Waals surface area contributed by atoms with Gasteiger partial charge in [-0.15, -0.1) is 0 Å². The number of rotatable bonds is 3. The van der Waals surface area contributed by atoms with E-state index in [0.29, 0.717) is 6.04 Å². The van der Waals surface area contributed by atoms with E-state index in [-0.39, 0.29) is 0 Å². The molecule has 2 aliphatic rings. The van der Waals surface area contributed by atoms with Gasteiger partial charge in [-0.05, 0) is 58.8 Å². The molecule has 1 nitrogen and oxygen atoms in total. The minimum atomic E-state index is 0.638. The van der Waals surface area contributed by atoms with E-state index in [2.05, 4.69) is 33.4 Å². The summed E-state index contributed by atoms with van der Waals surface area (Å²) < 4.78 is 0.974. The first-order chi connectivity index (χ1) is 10.2. The lowest BCUT2D eigenvalue weighted by atomic mass is 9.71. The predicted molar refractivity (Wildman–Crippen MR) is 95.1 cm³/mol. The second-order valence-electron chi connectivity index (χ2n) is 6.73. The Hall–Kier alpha value is -0.210. The van der Waals surface area contributed by atoms with Crippen LogP contribution in [0.3, 0.4) is 0 Å². The van der Waals surface area contributed by atoms with Crippen LogP contribution in [0.5, 0.6) is 0 Å². The van der Waals surface area contributed by atoms with Crippen molar-refractivity contribution in [3.05, 3.63) is 27.7 Å². The maximum atomic E-state index is 6.23. The first kappa shape index (κ1) is 15.7. The fraction of sp³-hybridized carbons (Fsp3) is 0.667.